The maximum atomic E-state index is 11.7. The molecule has 0 aliphatic carbocycles. The second-order valence-corrected chi connectivity index (χ2v) is 5.11. The number of likely N-dealkylation sites (tertiary alicyclic amines) is 1. The minimum atomic E-state index is -0.0721. The number of alkyl halides is 1. The highest BCUT2D eigenvalue weighted by atomic mass is 35.5. The summed E-state index contributed by atoms with van der Waals surface area (Å²) in [5, 5.41) is -0.0721. The van der Waals surface area contributed by atoms with Crippen molar-refractivity contribution in [3.63, 3.8) is 0 Å². The zero-order valence-corrected chi connectivity index (χ0v) is 11.9. The van der Waals surface area contributed by atoms with Gasteiger partial charge in [-0.1, -0.05) is 6.07 Å². The van der Waals surface area contributed by atoms with Crippen molar-refractivity contribution in [3.8, 4) is 11.5 Å². The van der Waals surface area contributed by atoms with Gasteiger partial charge in [0.2, 0.25) is 5.91 Å². The van der Waals surface area contributed by atoms with E-state index in [1.807, 2.05) is 25.1 Å². The smallest absolute Gasteiger partial charge is 0.224 e. The maximum Gasteiger partial charge on any atom is 0.224 e. The number of rotatable bonds is 5. The van der Waals surface area contributed by atoms with Crippen LogP contribution in [0.2, 0.25) is 0 Å². The van der Waals surface area contributed by atoms with Crippen LogP contribution in [0.4, 0.5) is 0 Å². The van der Waals surface area contributed by atoms with Gasteiger partial charge in [0.05, 0.1) is 19.1 Å². The van der Waals surface area contributed by atoms with Crippen LogP contribution >= 0.6 is 11.6 Å². The normalized spacial score (nSPS) is 18.8. The maximum absolute atomic E-state index is 11.7. The van der Waals surface area contributed by atoms with Crippen molar-refractivity contribution in [3.05, 3.63) is 23.8 Å². The first-order valence-corrected chi connectivity index (χ1v) is 6.79. The lowest BCUT2D eigenvalue weighted by Crippen LogP contribution is -2.24. The molecule has 104 valence electrons. The Morgan fingerprint density at radius 2 is 2.21 bits per heavy atom. The molecular weight excluding hydrogens is 266 g/mol. The summed E-state index contributed by atoms with van der Waals surface area (Å²) >= 11 is 5.99. The number of benzene rings is 1. The third kappa shape index (κ3) is 3.32. The minimum absolute atomic E-state index is 0.0721. The number of carbonyl (C=O) groups excluding carboxylic acids is 1. The molecule has 0 radical (unpaired) electrons. The number of amides is 1. The second-order valence-electron chi connectivity index (χ2n) is 4.49. The van der Waals surface area contributed by atoms with Gasteiger partial charge in [0.1, 0.15) is 0 Å². The van der Waals surface area contributed by atoms with E-state index in [0.29, 0.717) is 37.6 Å². The molecular formula is C14H18ClNO3. The molecule has 1 aliphatic heterocycles. The van der Waals surface area contributed by atoms with Crippen molar-refractivity contribution >= 4 is 17.5 Å². The van der Waals surface area contributed by atoms with E-state index in [4.69, 9.17) is 21.1 Å². The standard InChI is InChI=1S/C14H18ClNO3/c1-3-19-13-6-10(4-5-12(13)18-2)8-16-9-11(15)7-14(16)17/h4-6,11H,3,7-9H2,1-2H3. The van der Waals surface area contributed by atoms with Crippen LogP contribution in [0.15, 0.2) is 18.2 Å². The molecule has 0 aromatic heterocycles. The quantitative estimate of drug-likeness (QED) is 0.779. The largest absolute Gasteiger partial charge is 0.493 e. The van der Waals surface area contributed by atoms with Gasteiger partial charge in [0.15, 0.2) is 11.5 Å². The van der Waals surface area contributed by atoms with Gasteiger partial charge in [0.25, 0.3) is 0 Å². The van der Waals surface area contributed by atoms with Gasteiger partial charge in [-0.2, -0.15) is 0 Å². The lowest BCUT2D eigenvalue weighted by Gasteiger charge is -2.17. The molecule has 1 atom stereocenters. The molecule has 2 rings (SSSR count). The molecule has 1 aromatic carbocycles. The van der Waals surface area contributed by atoms with Crippen molar-refractivity contribution in [2.75, 3.05) is 20.3 Å². The first kappa shape index (κ1) is 14.0. The van der Waals surface area contributed by atoms with Gasteiger partial charge < -0.3 is 14.4 Å². The molecule has 1 fully saturated rings. The first-order valence-electron chi connectivity index (χ1n) is 6.35. The monoisotopic (exact) mass is 283 g/mol. The first-order chi connectivity index (χ1) is 9.13. The highest BCUT2D eigenvalue weighted by Gasteiger charge is 2.27. The van der Waals surface area contributed by atoms with Crippen LogP contribution in [0, 0.1) is 0 Å². The van der Waals surface area contributed by atoms with Crippen molar-refractivity contribution < 1.29 is 14.3 Å². The minimum Gasteiger partial charge on any atom is -0.493 e. The number of nitrogens with zero attached hydrogens (tertiary/aromatic N) is 1. The zero-order valence-electron chi connectivity index (χ0n) is 11.2. The van der Waals surface area contributed by atoms with Crippen LogP contribution in [-0.4, -0.2) is 36.4 Å². The molecule has 4 nitrogen and oxygen atoms in total. The van der Waals surface area contributed by atoms with E-state index in [9.17, 15) is 4.79 Å². The van der Waals surface area contributed by atoms with Crippen molar-refractivity contribution in [2.45, 2.75) is 25.3 Å². The predicted octanol–water partition coefficient (Wildman–Crippen LogP) is 2.43. The van der Waals surface area contributed by atoms with Crippen LogP contribution in [0.5, 0.6) is 11.5 Å². The molecule has 1 aromatic rings. The Kier molecular flexibility index (Phi) is 4.53. The number of hydrogen-bond donors (Lipinski definition) is 0. The highest BCUT2D eigenvalue weighted by molar-refractivity contribution is 6.22. The van der Waals surface area contributed by atoms with Gasteiger partial charge in [-0.15, -0.1) is 11.6 Å². The average molecular weight is 284 g/mol. The van der Waals surface area contributed by atoms with Crippen LogP contribution in [0.3, 0.4) is 0 Å². The van der Waals surface area contributed by atoms with E-state index in [1.165, 1.54) is 0 Å². The fourth-order valence-electron chi connectivity index (χ4n) is 2.18. The van der Waals surface area contributed by atoms with Gasteiger partial charge in [0, 0.05) is 19.5 Å². The number of carbonyl (C=O) groups is 1. The van der Waals surface area contributed by atoms with Crippen molar-refractivity contribution in [1.29, 1.82) is 0 Å². The Bertz CT molecular complexity index is 464. The Hall–Kier alpha value is -1.42. The summed E-state index contributed by atoms with van der Waals surface area (Å²) in [6, 6.07) is 5.71. The molecule has 0 spiro atoms. The third-order valence-corrected chi connectivity index (χ3v) is 3.36. The summed E-state index contributed by atoms with van der Waals surface area (Å²) in [6.45, 7) is 3.67. The van der Waals surface area contributed by atoms with Gasteiger partial charge in [-0.25, -0.2) is 0 Å². The second kappa shape index (κ2) is 6.15. The summed E-state index contributed by atoms with van der Waals surface area (Å²) in [5.74, 6) is 1.51. The summed E-state index contributed by atoms with van der Waals surface area (Å²) in [4.78, 5) is 13.5. The molecule has 1 saturated heterocycles. The Labute approximate surface area is 118 Å². The van der Waals surface area contributed by atoms with E-state index < -0.39 is 0 Å². The Morgan fingerprint density at radius 3 is 2.79 bits per heavy atom. The summed E-state index contributed by atoms with van der Waals surface area (Å²) in [6.07, 6.45) is 0.427. The van der Waals surface area contributed by atoms with Crippen LogP contribution in [0.25, 0.3) is 0 Å². The molecule has 1 unspecified atom stereocenters. The van der Waals surface area contributed by atoms with Crippen LogP contribution in [0.1, 0.15) is 18.9 Å². The van der Waals surface area contributed by atoms with E-state index in [-0.39, 0.29) is 11.3 Å². The van der Waals surface area contributed by atoms with Gasteiger partial charge in [-0.05, 0) is 24.6 Å². The number of halogens is 1. The SMILES string of the molecule is CCOc1cc(CN2CC(Cl)CC2=O)ccc1OC. The lowest BCUT2D eigenvalue weighted by atomic mass is 10.2. The number of hydrogen-bond acceptors (Lipinski definition) is 3. The molecule has 5 heteroatoms. The van der Waals surface area contributed by atoms with Crippen LogP contribution in [-0.2, 0) is 11.3 Å². The molecule has 19 heavy (non-hydrogen) atoms. The Morgan fingerprint density at radius 1 is 1.42 bits per heavy atom. The molecule has 0 N–H and O–H groups in total. The molecule has 1 aliphatic rings. The molecule has 0 bridgehead atoms. The van der Waals surface area contributed by atoms with Crippen molar-refractivity contribution in [2.24, 2.45) is 0 Å². The number of ether oxygens (including phenoxy) is 2. The average Bonchev–Trinajstić information content (AvgIpc) is 2.69. The molecule has 1 amide bonds. The molecule has 0 saturated carbocycles. The summed E-state index contributed by atoms with van der Waals surface area (Å²) in [5.41, 5.74) is 1.02. The Balaban J connectivity index is 2.12. The van der Waals surface area contributed by atoms with E-state index >= 15 is 0 Å². The predicted molar refractivity (Wildman–Crippen MR) is 73.8 cm³/mol. The zero-order chi connectivity index (χ0) is 13.8. The number of methoxy groups -OCH3 is 1. The van der Waals surface area contributed by atoms with E-state index in [0.717, 1.165) is 5.56 Å². The fourth-order valence-corrected chi connectivity index (χ4v) is 2.48. The lowest BCUT2D eigenvalue weighted by molar-refractivity contribution is -0.128. The molecule has 1 heterocycles. The summed E-state index contributed by atoms with van der Waals surface area (Å²) < 4.78 is 10.8. The van der Waals surface area contributed by atoms with Gasteiger partial charge >= 0.3 is 0 Å². The van der Waals surface area contributed by atoms with Crippen LogP contribution < -0.4 is 9.47 Å². The van der Waals surface area contributed by atoms with E-state index in [2.05, 4.69) is 0 Å². The van der Waals surface area contributed by atoms with Gasteiger partial charge in [-0.3, -0.25) is 4.79 Å². The third-order valence-electron chi connectivity index (χ3n) is 3.07. The highest BCUT2D eigenvalue weighted by Crippen LogP contribution is 2.29. The van der Waals surface area contributed by atoms with Crippen molar-refractivity contribution in [1.82, 2.24) is 4.90 Å². The fraction of sp³-hybridized carbons (Fsp3) is 0.500. The summed E-state index contributed by atoms with van der Waals surface area (Å²) in [7, 11) is 1.61. The topological polar surface area (TPSA) is 38.8 Å². The van der Waals surface area contributed by atoms with E-state index in [1.54, 1.807) is 12.0 Å².